The van der Waals surface area contributed by atoms with Crippen LogP contribution in [0.15, 0.2) is 0 Å². The van der Waals surface area contributed by atoms with Crippen molar-refractivity contribution in [3.63, 3.8) is 0 Å². The lowest BCUT2D eigenvalue weighted by molar-refractivity contribution is -0.145. The Bertz CT molecular complexity index is 473. The number of amides is 2. The van der Waals surface area contributed by atoms with Gasteiger partial charge in [0.1, 0.15) is 6.04 Å². The van der Waals surface area contributed by atoms with Gasteiger partial charge in [-0.15, -0.1) is 0 Å². The van der Waals surface area contributed by atoms with E-state index in [2.05, 4.69) is 5.32 Å². The second-order valence-electron chi connectivity index (χ2n) is 4.08. The van der Waals surface area contributed by atoms with Gasteiger partial charge in [-0.05, 0) is 0 Å². The minimum Gasteiger partial charge on any atom is -0.481 e. The number of hydrogen-bond acceptors (Lipinski definition) is 5. The first-order valence-corrected chi connectivity index (χ1v) is 7.24. The summed E-state index contributed by atoms with van der Waals surface area (Å²) >= 11 is 0. The van der Waals surface area contributed by atoms with Crippen LogP contribution < -0.4 is 5.32 Å². The third kappa shape index (κ3) is 4.73. The highest BCUT2D eigenvalue weighted by Crippen LogP contribution is 2.05. The Kier molecular flexibility index (Phi) is 4.70. The maximum absolute atomic E-state index is 11.7. The van der Waals surface area contributed by atoms with Crippen molar-refractivity contribution in [3.8, 4) is 0 Å². The zero-order valence-corrected chi connectivity index (χ0v) is 10.7. The van der Waals surface area contributed by atoms with Gasteiger partial charge >= 0.3 is 18.0 Å². The molecular formula is C9H14N2O7S. The van der Waals surface area contributed by atoms with Crippen LogP contribution in [0.3, 0.4) is 0 Å². The summed E-state index contributed by atoms with van der Waals surface area (Å²) in [6.45, 7) is -0.0683. The Morgan fingerprint density at radius 1 is 1.16 bits per heavy atom. The molecule has 0 aromatic rings. The quantitative estimate of drug-likeness (QED) is 0.564. The predicted octanol–water partition coefficient (Wildman–Crippen LogP) is -1.65. The standard InChI is InChI=1S/C9H14N2O7S/c12-7(13)5-6(8(14)15)10-9(16)11-1-3-19(17,18)4-2-11/h6H,1-5H2,(H,10,16)(H,12,13)(H,14,15). The monoisotopic (exact) mass is 294 g/mol. The SMILES string of the molecule is O=C(O)CC(NC(=O)N1CCS(=O)(=O)CC1)C(=O)O. The zero-order chi connectivity index (χ0) is 14.6. The van der Waals surface area contributed by atoms with Crippen LogP contribution in [0, 0.1) is 0 Å². The molecule has 1 rings (SSSR count). The number of carboxylic acid groups (broad SMARTS) is 2. The number of carbonyl (C=O) groups is 3. The van der Waals surface area contributed by atoms with Gasteiger partial charge in [-0.2, -0.15) is 0 Å². The molecule has 108 valence electrons. The van der Waals surface area contributed by atoms with Gasteiger partial charge in [0.2, 0.25) is 0 Å². The molecule has 1 saturated heterocycles. The van der Waals surface area contributed by atoms with E-state index < -0.39 is 40.3 Å². The molecule has 1 heterocycles. The van der Waals surface area contributed by atoms with E-state index in [1.165, 1.54) is 0 Å². The molecule has 0 aromatic carbocycles. The maximum Gasteiger partial charge on any atom is 0.326 e. The van der Waals surface area contributed by atoms with Crippen molar-refractivity contribution in [1.29, 1.82) is 0 Å². The summed E-state index contributed by atoms with van der Waals surface area (Å²) in [6, 6.07) is -2.31. The van der Waals surface area contributed by atoms with Crippen LogP contribution in [-0.4, -0.2) is 72.1 Å². The van der Waals surface area contributed by atoms with Crippen molar-refractivity contribution >= 4 is 27.8 Å². The van der Waals surface area contributed by atoms with Crippen LogP contribution >= 0.6 is 0 Å². The minimum atomic E-state index is -3.15. The van der Waals surface area contributed by atoms with Crippen molar-refractivity contribution in [2.45, 2.75) is 12.5 Å². The fourth-order valence-electron chi connectivity index (χ4n) is 1.53. The van der Waals surface area contributed by atoms with Crippen LogP contribution in [0.4, 0.5) is 4.79 Å². The highest BCUT2D eigenvalue weighted by molar-refractivity contribution is 7.91. The first kappa shape index (κ1) is 15.2. The first-order chi connectivity index (χ1) is 8.71. The molecule has 1 aliphatic heterocycles. The van der Waals surface area contributed by atoms with E-state index in [1.54, 1.807) is 0 Å². The van der Waals surface area contributed by atoms with Crippen molar-refractivity contribution < 1.29 is 33.0 Å². The molecule has 9 nitrogen and oxygen atoms in total. The summed E-state index contributed by atoms with van der Waals surface area (Å²) in [7, 11) is -3.15. The third-order valence-corrected chi connectivity index (χ3v) is 4.22. The highest BCUT2D eigenvalue weighted by Gasteiger charge is 2.29. The largest absolute Gasteiger partial charge is 0.481 e. The molecule has 1 fully saturated rings. The topological polar surface area (TPSA) is 141 Å². The summed E-state index contributed by atoms with van der Waals surface area (Å²) in [5.74, 6) is -3.18. The molecule has 0 aromatic heterocycles. The summed E-state index contributed by atoms with van der Waals surface area (Å²) < 4.78 is 22.3. The van der Waals surface area contributed by atoms with E-state index in [0.29, 0.717) is 0 Å². The third-order valence-electron chi connectivity index (χ3n) is 2.61. The normalized spacial score (nSPS) is 19.5. The van der Waals surface area contributed by atoms with Crippen molar-refractivity contribution in [2.24, 2.45) is 0 Å². The number of urea groups is 1. The number of nitrogens with one attached hydrogen (secondary N) is 1. The van der Waals surface area contributed by atoms with Crippen LogP contribution in [0.1, 0.15) is 6.42 Å². The molecule has 19 heavy (non-hydrogen) atoms. The molecule has 2 amide bonds. The van der Waals surface area contributed by atoms with Crippen LogP contribution in [0.2, 0.25) is 0 Å². The fraction of sp³-hybridized carbons (Fsp3) is 0.667. The number of carboxylic acids is 2. The summed E-state index contributed by atoms with van der Waals surface area (Å²) in [5.41, 5.74) is 0. The molecule has 0 aliphatic carbocycles. The molecule has 10 heteroatoms. The Morgan fingerprint density at radius 3 is 2.11 bits per heavy atom. The number of hydrogen-bond donors (Lipinski definition) is 3. The maximum atomic E-state index is 11.7. The van der Waals surface area contributed by atoms with Crippen LogP contribution in [0.5, 0.6) is 0 Å². The zero-order valence-electron chi connectivity index (χ0n) is 9.90. The highest BCUT2D eigenvalue weighted by atomic mass is 32.2. The van der Waals surface area contributed by atoms with E-state index in [4.69, 9.17) is 10.2 Å². The van der Waals surface area contributed by atoms with Gasteiger partial charge in [0.15, 0.2) is 9.84 Å². The Hall–Kier alpha value is -1.84. The van der Waals surface area contributed by atoms with E-state index in [1.807, 2.05) is 0 Å². The molecule has 1 atom stereocenters. The fourth-order valence-corrected chi connectivity index (χ4v) is 2.73. The minimum absolute atomic E-state index is 0.0341. The average molecular weight is 294 g/mol. The molecular weight excluding hydrogens is 280 g/mol. The second kappa shape index (κ2) is 5.87. The Morgan fingerprint density at radius 2 is 1.68 bits per heavy atom. The summed E-state index contributed by atoms with van der Waals surface area (Å²) in [4.78, 5) is 34.0. The van der Waals surface area contributed by atoms with Crippen LogP contribution in [-0.2, 0) is 19.4 Å². The van der Waals surface area contributed by atoms with E-state index in [-0.39, 0.29) is 24.6 Å². The van der Waals surface area contributed by atoms with Crippen LogP contribution in [0.25, 0.3) is 0 Å². The number of rotatable bonds is 4. The lowest BCUT2D eigenvalue weighted by Gasteiger charge is -2.28. The molecule has 1 unspecified atom stereocenters. The van der Waals surface area contributed by atoms with Gasteiger partial charge in [0.05, 0.1) is 17.9 Å². The number of nitrogens with zero attached hydrogens (tertiary/aromatic N) is 1. The van der Waals surface area contributed by atoms with E-state index >= 15 is 0 Å². The molecule has 0 bridgehead atoms. The molecule has 0 saturated carbocycles. The predicted molar refractivity (Wildman–Crippen MR) is 62.4 cm³/mol. The van der Waals surface area contributed by atoms with Gasteiger partial charge in [0, 0.05) is 13.1 Å². The number of sulfone groups is 1. The molecule has 3 N–H and O–H groups in total. The van der Waals surface area contributed by atoms with Gasteiger partial charge in [-0.3, -0.25) is 4.79 Å². The Labute approximate surface area is 109 Å². The average Bonchev–Trinajstić information content (AvgIpc) is 2.27. The smallest absolute Gasteiger partial charge is 0.326 e. The Balaban J connectivity index is 2.58. The van der Waals surface area contributed by atoms with Gasteiger partial charge < -0.3 is 20.4 Å². The first-order valence-electron chi connectivity index (χ1n) is 5.42. The number of carbonyl (C=O) groups excluding carboxylic acids is 1. The summed E-state index contributed by atoms with van der Waals surface area (Å²) in [5, 5.41) is 19.3. The lowest BCUT2D eigenvalue weighted by atomic mass is 10.2. The summed E-state index contributed by atoms with van der Waals surface area (Å²) in [6.07, 6.45) is -0.743. The van der Waals surface area contributed by atoms with Crippen molar-refractivity contribution in [2.75, 3.05) is 24.6 Å². The number of aliphatic carboxylic acids is 2. The second-order valence-corrected chi connectivity index (χ2v) is 6.38. The van der Waals surface area contributed by atoms with E-state index in [9.17, 15) is 22.8 Å². The van der Waals surface area contributed by atoms with Crippen molar-refractivity contribution in [3.05, 3.63) is 0 Å². The molecule has 1 aliphatic rings. The van der Waals surface area contributed by atoms with Gasteiger partial charge in [-0.1, -0.05) is 0 Å². The van der Waals surface area contributed by atoms with Crippen molar-refractivity contribution in [1.82, 2.24) is 10.2 Å². The molecule has 0 radical (unpaired) electrons. The molecule has 0 spiro atoms. The van der Waals surface area contributed by atoms with Gasteiger partial charge in [-0.25, -0.2) is 18.0 Å². The lowest BCUT2D eigenvalue weighted by Crippen LogP contribution is -2.52. The van der Waals surface area contributed by atoms with Gasteiger partial charge in [0.25, 0.3) is 0 Å². The van der Waals surface area contributed by atoms with E-state index in [0.717, 1.165) is 4.90 Å².